The van der Waals surface area contributed by atoms with Gasteiger partial charge in [0.2, 0.25) is 5.95 Å². The molecule has 0 unspecified atom stereocenters. The van der Waals surface area contributed by atoms with Crippen LogP contribution in [0.3, 0.4) is 0 Å². The summed E-state index contributed by atoms with van der Waals surface area (Å²) in [4.78, 5) is 30.8. The Morgan fingerprint density at radius 1 is 0.235 bits per heavy atom. The smallest absolute Gasteiger partial charge is 0.238 e. The van der Waals surface area contributed by atoms with Crippen LogP contribution in [0.25, 0.3) is 123 Å². The van der Waals surface area contributed by atoms with Gasteiger partial charge in [-0.05, 0) is 59.7 Å². The van der Waals surface area contributed by atoms with Crippen molar-refractivity contribution < 1.29 is 0 Å². The number of rotatable bonds is 8. The number of nitrogens with zero attached hydrogens (tertiary/aromatic N) is 8. The first-order valence-electron chi connectivity index (χ1n) is 22.6. The molecule has 0 aliphatic carbocycles. The normalized spacial score (nSPS) is 11.5. The number of hydrogen-bond acceptors (Lipinski definition) is 6. The maximum Gasteiger partial charge on any atom is 0.238 e. The molecule has 4 aromatic heterocycles. The number of aromatic nitrogens is 8. The van der Waals surface area contributed by atoms with Crippen LogP contribution in [-0.2, 0) is 0 Å². The van der Waals surface area contributed by atoms with Gasteiger partial charge < -0.3 is 4.57 Å². The average Bonchev–Trinajstić information content (AvgIpc) is 3.93. The number of benzene rings is 9. The van der Waals surface area contributed by atoms with Crippen LogP contribution in [0.2, 0.25) is 0 Å². The van der Waals surface area contributed by atoms with Gasteiger partial charge >= 0.3 is 0 Å². The summed E-state index contributed by atoms with van der Waals surface area (Å²) >= 11 is 0. The van der Waals surface area contributed by atoms with Crippen LogP contribution in [0.1, 0.15) is 0 Å². The van der Waals surface area contributed by atoms with E-state index in [1.54, 1.807) is 0 Å². The minimum atomic E-state index is 0.538. The highest BCUT2D eigenvalue weighted by Gasteiger charge is 2.22. The molecule has 0 fully saturated rings. The second-order valence-corrected chi connectivity index (χ2v) is 16.7. The summed E-state index contributed by atoms with van der Waals surface area (Å²) in [7, 11) is 0. The number of para-hydroxylation sites is 2. The van der Waals surface area contributed by atoms with E-state index in [0.717, 1.165) is 88.2 Å². The lowest BCUT2D eigenvalue weighted by Crippen LogP contribution is -2.07. The molecule has 68 heavy (non-hydrogen) atoms. The van der Waals surface area contributed by atoms with Crippen LogP contribution < -0.4 is 0 Å². The first kappa shape index (κ1) is 39.0. The van der Waals surface area contributed by atoms with E-state index in [9.17, 15) is 0 Å². The average molecular weight is 871 g/mol. The van der Waals surface area contributed by atoms with Gasteiger partial charge in [0, 0.05) is 55.0 Å². The summed E-state index contributed by atoms with van der Waals surface area (Å²) in [5.74, 6) is 3.59. The minimum Gasteiger partial charge on any atom is -0.309 e. The topological polar surface area (TPSA) is 87.2 Å². The maximum absolute atomic E-state index is 5.37. The van der Waals surface area contributed by atoms with Gasteiger partial charge in [-0.1, -0.05) is 182 Å². The molecule has 0 saturated carbocycles. The molecule has 0 spiro atoms. The molecule has 8 heteroatoms. The van der Waals surface area contributed by atoms with Crippen molar-refractivity contribution in [1.29, 1.82) is 0 Å². The van der Waals surface area contributed by atoms with E-state index in [-0.39, 0.29) is 0 Å². The van der Waals surface area contributed by atoms with Crippen molar-refractivity contribution in [2.45, 2.75) is 0 Å². The number of fused-ring (bicyclic) bond motifs is 6. The van der Waals surface area contributed by atoms with E-state index in [1.807, 2.05) is 91.0 Å². The first-order valence-corrected chi connectivity index (χ1v) is 22.6. The van der Waals surface area contributed by atoms with Gasteiger partial charge in [-0.25, -0.2) is 19.9 Å². The highest BCUT2D eigenvalue weighted by molar-refractivity contribution is 6.19. The van der Waals surface area contributed by atoms with E-state index in [0.29, 0.717) is 35.1 Å². The van der Waals surface area contributed by atoms with Crippen LogP contribution in [0.4, 0.5) is 0 Å². The van der Waals surface area contributed by atoms with Crippen molar-refractivity contribution in [3.8, 4) is 79.7 Å². The van der Waals surface area contributed by atoms with Crippen molar-refractivity contribution in [3.63, 3.8) is 0 Å². The predicted molar refractivity (Wildman–Crippen MR) is 275 cm³/mol. The van der Waals surface area contributed by atoms with Crippen LogP contribution in [0.5, 0.6) is 0 Å². The van der Waals surface area contributed by atoms with Gasteiger partial charge in [0.05, 0.1) is 22.1 Å². The summed E-state index contributed by atoms with van der Waals surface area (Å²) in [6, 6.07) is 79.4. The zero-order valence-electron chi connectivity index (χ0n) is 36.5. The third-order valence-electron chi connectivity index (χ3n) is 12.7. The quantitative estimate of drug-likeness (QED) is 0.151. The van der Waals surface area contributed by atoms with E-state index < -0.39 is 0 Å². The lowest BCUT2D eigenvalue weighted by Gasteiger charge is -2.13. The zero-order chi connectivity index (χ0) is 45.0. The standard InChI is InChI=1S/C60H38N8/c1-5-19-39(20-6-1)45-27-13-14-30-48(45)59-64-58(42-25-11-4-12-26-42)65-60(66-59)68-52-32-18-16-29-47(52)50-37-49-46-28-15-17-31-51(46)67(53(49)38-54(50)68)44-35-33-43(34-36-44)57-62-55(40-21-7-2-8-22-40)61-56(63-57)41-23-9-3-10-24-41/h1-38H. The largest absolute Gasteiger partial charge is 0.309 e. The Balaban J connectivity index is 1.01. The van der Waals surface area contributed by atoms with E-state index in [1.165, 1.54) is 0 Å². The summed E-state index contributed by atoms with van der Waals surface area (Å²) < 4.78 is 4.55. The molecule has 0 radical (unpaired) electrons. The Kier molecular flexibility index (Phi) is 9.31. The summed E-state index contributed by atoms with van der Waals surface area (Å²) in [6.45, 7) is 0. The highest BCUT2D eigenvalue weighted by Crippen LogP contribution is 2.40. The molecule has 0 aliphatic rings. The Labute approximate surface area is 391 Å². The summed E-state index contributed by atoms with van der Waals surface area (Å²) in [5, 5.41) is 4.53. The third kappa shape index (κ3) is 6.70. The monoisotopic (exact) mass is 870 g/mol. The minimum absolute atomic E-state index is 0.538. The third-order valence-corrected chi connectivity index (χ3v) is 12.7. The molecule has 13 rings (SSSR count). The van der Waals surface area contributed by atoms with Crippen LogP contribution in [-0.4, -0.2) is 39.0 Å². The molecule has 8 nitrogen and oxygen atoms in total. The molecule has 0 saturated heterocycles. The lowest BCUT2D eigenvalue weighted by molar-refractivity contribution is 0.954. The maximum atomic E-state index is 5.37. The molecule has 9 aromatic carbocycles. The zero-order valence-corrected chi connectivity index (χ0v) is 36.5. The van der Waals surface area contributed by atoms with Gasteiger partial charge in [-0.2, -0.15) is 9.97 Å². The van der Waals surface area contributed by atoms with E-state index >= 15 is 0 Å². The van der Waals surface area contributed by atoms with Crippen LogP contribution >= 0.6 is 0 Å². The molecule has 0 bridgehead atoms. The van der Waals surface area contributed by atoms with E-state index in [4.69, 9.17) is 29.9 Å². The fourth-order valence-electron chi connectivity index (χ4n) is 9.47. The molecule has 0 atom stereocenters. The molecule has 318 valence electrons. The van der Waals surface area contributed by atoms with Crippen molar-refractivity contribution in [2.24, 2.45) is 0 Å². The molecule has 0 aliphatic heterocycles. The van der Waals surface area contributed by atoms with Crippen molar-refractivity contribution in [3.05, 3.63) is 231 Å². The van der Waals surface area contributed by atoms with Crippen molar-refractivity contribution in [2.75, 3.05) is 0 Å². The summed E-state index contributed by atoms with van der Waals surface area (Å²) in [5.41, 5.74) is 11.9. The van der Waals surface area contributed by atoms with Gasteiger partial charge in [0.1, 0.15) is 0 Å². The lowest BCUT2D eigenvalue weighted by atomic mass is 9.99. The second-order valence-electron chi connectivity index (χ2n) is 16.7. The second kappa shape index (κ2) is 16.2. The molecule has 0 amide bonds. The predicted octanol–water partition coefficient (Wildman–Crippen LogP) is 14.3. The molecular weight excluding hydrogens is 833 g/mol. The molecule has 13 aromatic rings. The Morgan fingerprint density at radius 2 is 0.618 bits per heavy atom. The number of hydrogen-bond donors (Lipinski definition) is 0. The summed E-state index contributed by atoms with van der Waals surface area (Å²) in [6.07, 6.45) is 0. The highest BCUT2D eigenvalue weighted by atomic mass is 15.2. The first-order chi connectivity index (χ1) is 33.7. The Morgan fingerprint density at radius 3 is 1.16 bits per heavy atom. The molecule has 0 N–H and O–H groups in total. The van der Waals surface area contributed by atoms with E-state index in [2.05, 4.69) is 149 Å². The fraction of sp³-hybridized carbons (Fsp3) is 0. The van der Waals surface area contributed by atoms with Gasteiger partial charge in [-0.3, -0.25) is 4.57 Å². The van der Waals surface area contributed by atoms with Gasteiger partial charge in [0.15, 0.2) is 29.1 Å². The van der Waals surface area contributed by atoms with Gasteiger partial charge in [-0.15, -0.1) is 0 Å². The van der Waals surface area contributed by atoms with Crippen LogP contribution in [0.15, 0.2) is 231 Å². The van der Waals surface area contributed by atoms with Crippen molar-refractivity contribution in [1.82, 2.24) is 39.0 Å². The Hall–Kier alpha value is -9.40. The Bertz CT molecular complexity index is 3940. The SMILES string of the molecule is c1ccc(-c2nc(-c3ccccc3)nc(-c3ccc(-n4c5ccccc5c5cc6c7ccccc7n(-c7nc(-c8ccccc8)nc(-c8ccccc8-c8ccccc8)n7)c6cc54)cc3)n2)cc1. The van der Waals surface area contributed by atoms with Crippen molar-refractivity contribution >= 4 is 43.6 Å². The van der Waals surface area contributed by atoms with Crippen LogP contribution in [0, 0.1) is 0 Å². The fourth-order valence-corrected chi connectivity index (χ4v) is 9.47. The molecular formula is C60H38N8. The van der Waals surface area contributed by atoms with Gasteiger partial charge in [0.25, 0.3) is 0 Å². The molecule has 4 heterocycles.